The summed E-state index contributed by atoms with van der Waals surface area (Å²) in [5.41, 5.74) is -2.33. The number of hydrogen-bond donors (Lipinski definition) is 1. The molecule has 1 aliphatic rings. The summed E-state index contributed by atoms with van der Waals surface area (Å²) < 4.78 is 33.4. The second-order valence-electron chi connectivity index (χ2n) is 5.02. The van der Waals surface area contributed by atoms with Crippen LogP contribution < -0.4 is 5.56 Å². The Morgan fingerprint density at radius 1 is 1.36 bits per heavy atom. The van der Waals surface area contributed by atoms with Gasteiger partial charge in [0.1, 0.15) is 16.5 Å². The summed E-state index contributed by atoms with van der Waals surface area (Å²) in [7, 11) is 0. The van der Waals surface area contributed by atoms with Gasteiger partial charge in [0.05, 0.1) is 13.2 Å². The van der Waals surface area contributed by atoms with Crippen molar-refractivity contribution in [2.24, 2.45) is 0 Å². The second-order valence-corrected chi connectivity index (χ2v) is 5.40. The topological polar surface area (TPSA) is 67.9 Å². The fourth-order valence-electron chi connectivity index (χ4n) is 2.37. The number of ether oxygens (including phenoxy) is 1. The van der Waals surface area contributed by atoms with Crippen molar-refractivity contribution in [3.8, 4) is 11.4 Å². The monoisotopic (exact) mass is 327 g/mol. The van der Waals surface area contributed by atoms with Crippen LogP contribution in [0, 0.1) is 5.95 Å². The minimum atomic E-state index is -1.83. The molecule has 116 valence electrons. The molecule has 3 rings (SSSR count). The summed E-state index contributed by atoms with van der Waals surface area (Å²) in [6.45, 7) is 0.445. The molecule has 0 amide bonds. The van der Waals surface area contributed by atoms with E-state index in [-0.39, 0.29) is 48.2 Å². The van der Waals surface area contributed by atoms with Gasteiger partial charge >= 0.3 is 0 Å². The van der Waals surface area contributed by atoms with Gasteiger partial charge in [0.25, 0.3) is 5.56 Å². The van der Waals surface area contributed by atoms with Crippen LogP contribution in [-0.4, -0.2) is 28.2 Å². The van der Waals surface area contributed by atoms with Crippen molar-refractivity contribution in [3.05, 3.63) is 45.3 Å². The number of nitrogens with one attached hydrogen (secondary N) is 1. The van der Waals surface area contributed by atoms with Crippen molar-refractivity contribution < 1.29 is 13.5 Å². The first-order valence-corrected chi connectivity index (χ1v) is 7.06. The van der Waals surface area contributed by atoms with E-state index in [4.69, 9.17) is 16.3 Å². The Kier molecular flexibility index (Phi) is 3.92. The zero-order chi connectivity index (χ0) is 15.7. The molecule has 1 N–H and O–H groups in total. The molecule has 5 nitrogen and oxygen atoms in total. The van der Waals surface area contributed by atoms with E-state index < -0.39 is 17.2 Å². The van der Waals surface area contributed by atoms with Crippen LogP contribution in [0.4, 0.5) is 8.78 Å². The van der Waals surface area contributed by atoms with Crippen LogP contribution in [0.1, 0.15) is 18.5 Å². The molecule has 0 aliphatic carbocycles. The Morgan fingerprint density at radius 3 is 2.77 bits per heavy atom. The summed E-state index contributed by atoms with van der Waals surface area (Å²) in [6.07, 6.45) is 1.36. The summed E-state index contributed by atoms with van der Waals surface area (Å²) in [4.78, 5) is 21.9. The van der Waals surface area contributed by atoms with Crippen LogP contribution in [-0.2, 0) is 10.4 Å². The molecule has 1 aliphatic heterocycles. The number of H-pyrrole nitrogens is 1. The lowest BCUT2D eigenvalue weighted by Gasteiger charge is -2.29. The van der Waals surface area contributed by atoms with Crippen molar-refractivity contribution in [2.45, 2.75) is 18.5 Å². The van der Waals surface area contributed by atoms with E-state index in [9.17, 15) is 9.18 Å². The van der Waals surface area contributed by atoms with Gasteiger partial charge in [-0.05, 0) is 6.07 Å². The summed E-state index contributed by atoms with van der Waals surface area (Å²) in [5, 5.41) is -0.289. The average molecular weight is 328 g/mol. The van der Waals surface area contributed by atoms with Gasteiger partial charge in [0, 0.05) is 30.7 Å². The van der Waals surface area contributed by atoms with Gasteiger partial charge in [0.15, 0.2) is 5.67 Å². The SMILES string of the molecule is O=c1[nH]c(-c2ccnc(F)c2)nc(C2(F)CCOCC2)c1Cl. The minimum Gasteiger partial charge on any atom is -0.381 e. The largest absolute Gasteiger partial charge is 0.381 e. The van der Waals surface area contributed by atoms with E-state index >= 15 is 4.39 Å². The normalized spacial score (nSPS) is 17.4. The second kappa shape index (κ2) is 5.73. The predicted octanol–water partition coefficient (Wildman–Crippen LogP) is 2.60. The van der Waals surface area contributed by atoms with Gasteiger partial charge in [-0.15, -0.1) is 0 Å². The lowest BCUT2D eigenvalue weighted by Crippen LogP contribution is -2.32. The number of alkyl halides is 1. The molecule has 0 radical (unpaired) electrons. The predicted molar refractivity (Wildman–Crippen MR) is 75.9 cm³/mol. The lowest BCUT2D eigenvalue weighted by molar-refractivity contribution is -0.0138. The summed E-state index contributed by atoms with van der Waals surface area (Å²) >= 11 is 5.93. The first-order valence-electron chi connectivity index (χ1n) is 6.68. The highest BCUT2D eigenvalue weighted by Crippen LogP contribution is 2.38. The number of nitrogens with zero attached hydrogens (tertiary/aromatic N) is 2. The highest BCUT2D eigenvalue weighted by molar-refractivity contribution is 6.31. The Labute approximate surface area is 129 Å². The molecule has 0 atom stereocenters. The van der Waals surface area contributed by atoms with Gasteiger partial charge in [-0.3, -0.25) is 4.79 Å². The molecule has 1 saturated heterocycles. The number of pyridine rings is 1. The molecule has 22 heavy (non-hydrogen) atoms. The van der Waals surface area contributed by atoms with Crippen molar-refractivity contribution in [2.75, 3.05) is 13.2 Å². The van der Waals surface area contributed by atoms with Gasteiger partial charge in [-0.2, -0.15) is 4.39 Å². The highest BCUT2D eigenvalue weighted by Gasteiger charge is 2.39. The molecule has 8 heteroatoms. The highest BCUT2D eigenvalue weighted by atomic mass is 35.5. The van der Waals surface area contributed by atoms with E-state index in [1.165, 1.54) is 12.3 Å². The molecule has 0 saturated carbocycles. The number of aromatic amines is 1. The molecule has 1 fully saturated rings. The van der Waals surface area contributed by atoms with E-state index in [1.54, 1.807) is 0 Å². The smallest absolute Gasteiger partial charge is 0.270 e. The maximum atomic E-state index is 15.1. The van der Waals surface area contributed by atoms with Gasteiger partial charge < -0.3 is 9.72 Å². The average Bonchev–Trinajstić information content (AvgIpc) is 2.50. The van der Waals surface area contributed by atoms with Crippen LogP contribution in [0.2, 0.25) is 5.02 Å². The van der Waals surface area contributed by atoms with Crippen LogP contribution in [0.3, 0.4) is 0 Å². The van der Waals surface area contributed by atoms with E-state index in [0.29, 0.717) is 0 Å². The number of halogens is 3. The first kappa shape index (κ1) is 15.1. The zero-order valence-electron chi connectivity index (χ0n) is 11.4. The molecule has 2 aromatic heterocycles. The lowest BCUT2D eigenvalue weighted by atomic mass is 9.92. The van der Waals surface area contributed by atoms with E-state index in [1.807, 2.05) is 0 Å². The third-order valence-electron chi connectivity index (χ3n) is 3.57. The Hall–Kier alpha value is -1.86. The molecular weight excluding hydrogens is 316 g/mol. The molecule has 3 heterocycles. The number of hydrogen-bond acceptors (Lipinski definition) is 4. The van der Waals surface area contributed by atoms with E-state index in [0.717, 1.165) is 6.07 Å². The van der Waals surface area contributed by atoms with Gasteiger partial charge in [-0.1, -0.05) is 11.6 Å². The standard InChI is InChI=1S/C14H12ClF2N3O2/c15-10-11(14(17)2-5-22-6-3-14)19-12(20-13(10)21)8-1-4-18-9(16)7-8/h1,4,7H,2-3,5-6H2,(H,19,20,21). The molecule has 0 unspecified atom stereocenters. The maximum absolute atomic E-state index is 15.1. The van der Waals surface area contributed by atoms with Crippen molar-refractivity contribution >= 4 is 11.6 Å². The van der Waals surface area contributed by atoms with Crippen LogP contribution in [0.15, 0.2) is 23.1 Å². The zero-order valence-corrected chi connectivity index (χ0v) is 12.2. The third-order valence-corrected chi connectivity index (χ3v) is 3.92. The Bertz CT molecular complexity index is 760. The van der Waals surface area contributed by atoms with Crippen molar-refractivity contribution in [1.82, 2.24) is 15.0 Å². The van der Waals surface area contributed by atoms with Crippen molar-refractivity contribution in [3.63, 3.8) is 0 Å². The summed E-state index contributed by atoms with van der Waals surface area (Å²) in [6, 6.07) is 2.57. The molecular formula is C14H12ClF2N3O2. The minimum absolute atomic E-state index is 0.0502. The Morgan fingerprint density at radius 2 is 2.09 bits per heavy atom. The van der Waals surface area contributed by atoms with Gasteiger partial charge in [-0.25, -0.2) is 14.4 Å². The molecule has 0 aromatic carbocycles. The van der Waals surface area contributed by atoms with Gasteiger partial charge in [0.2, 0.25) is 5.95 Å². The number of aromatic nitrogens is 3. The van der Waals surface area contributed by atoms with E-state index in [2.05, 4.69) is 15.0 Å². The first-order chi connectivity index (χ1) is 10.5. The molecule has 0 bridgehead atoms. The quantitative estimate of drug-likeness (QED) is 0.861. The fraction of sp³-hybridized carbons (Fsp3) is 0.357. The van der Waals surface area contributed by atoms with Crippen LogP contribution in [0.25, 0.3) is 11.4 Å². The third kappa shape index (κ3) is 2.74. The summed E-state index contributed by atoms with van der Waals surface area (Å²) in [5.74, 6) is -0.674. The number of rotatable bonds is 2. The van der Waals surface area contributed by atoms with Crippen molar-refractivity contribution in [1.29, 1.82) is 0 Å². The van der Waals surface area contributed by atoms with Crippen LogP contribution >= 0.6 is 11.6 Å². The maximum Gasteiger partial charge on any atom is 0.270 e. The molecule has 2 aromatic rings. The Balaban J connectivity index is 2.13. The fourth-order valence-corrected chi connectivity index (χ4v) is 2.63. The molecule has 0 spiro atoms. The van der Waals surface area contributed by atoms with Crippen LogP contribution in [0.5, 0.6) is 0 Å².